The molecule has 0 unspecified atom stereocenters. The fraction of sp³-hybridized carbons (Fsp3) is 0.250. The maximum atomic E-state index is 13.8. The second-order valence-electron chi connectivity index (χ2n) is 7.57. The number of aromatic nitrogens is 1. The average Bonchev–Trinajstić information content (AvgIpc) is 3.26. The molecule has 1 N–H and O–H groups in total. The van der Waals surface area contributed by atoms with Crippen LogP contribution in [0.5, 0.6) is 0 Å². The van der Waals surface area contributed by atoms with Crippen molar-refractivity contribution in [1.29, 1.82) is 0 Å². The van der Waals surface area contributed by atoms with E-state index in [1.165, 1.54) is 19.3 Å². The number of benzene rings is 2. The molecule has 0 aliphatic heterocycles. The van der Waals surface area contributed by atoms with Gasteiger partial charge in [0.25, 0.3) is 5.91 Å². The van der Waals surface area contributed by atoms with Gasteiger partial charge in [-0.1, -0.05) is 17.7 Å². The van der Waals surface area contributed by atoms with E-state index in [1.54, 1.807) is 12.1 Å². The molecule has 10 heteroatoms. The van der Waals surface area contributed by atoms with Crippen LogP contribution in [0.25, 0.3) is 11.3 Å². The predicted octanol–water partition coefficient (Wildman–Crippen LogP) is 3.50. The Morgan fingerprint density at radius 3 is 2.56 bits per heavy atom. The molecule has 2 amide bonds. The van der Waals surface area contributed by atoms with Gasteiger partial charge in [0.15, 0.2) is 18.3 Å². The van der Waals surface area contributed by atoms with Crippen molar-refractivity contribution in [3.63, 3.8) is 0 Å². The van der Waals surface area contributed by atoms with Gasteiger partial charge in [0.05, 0.1) is 24.7 Å². The number of hydrogen-bond donors (Lipinski definition) is 1. The molecule has 0 saturated heterocycles. The van der Waals surface area contributed by atoms with Gasteiger partial charge in [0, 0.05) is 25.2 Å². The van der Waals surface area contributed by atoms with Crippen LogP contribution in [0, 0.1) is 18.6 Å². The van der Waals surface area contributed by atoms with Gasteiger partial charge in [-0.25, -0.2) is 13.8 Å². The molecule has 0 saturated carbocycles. The molecule has 0 atom stereocenters. The molecule has 0 aliphatic carbocycles. The molecular formula is C24H23F2N3O5. The molecule has 8 nitrogen and oxygen atoms in total. The summed E-state index contributed by atoms with van der Waals surface area (Å²) in [4.78, 5) is 41.3. The van der Waals surface area contributed by atoms with Gasteiger partial charge < -0.3 is 19.4 Å². The van der Waals surface area contributed by atoms with Gasteiger partial charge in [-0.2, -0.15) is 0 Å². The van der Waals surface area contributed by atoms with E-state index < -0.39 is 30.1 Å². The minimum atomic E-state index is -0.794. The SMILES string of the molecule is Cc1ccc(NC(=O)CN(C)C(=O)COC(=O)CCc2ncc(-c3ccc(F)cc3F)o2)cc1. The van der Waals surface area contributed by atoms with Crippen molar-refractivity contribution in [3.8, 4) is 11.3 Å². The second kappa shape index (κ2) is 11.2. The van der Waals surface area contributed by atoms with Gasteiger partial charge in [0.1, 0.15) is 11.6 Å². The van der Waals surface area contributed by atoms with Crippen molar-refractivity contribution < 1.29 is 32.3 Å². The van der Waals surface area contributed by atoms with Gasteiger partial charge in [-0.15, -0.1) is 0 Å². The summed E-state index contributed by atoms with van der Waals surface area (Å²) < 4.78 is 37.2. The zero-order valence-corrected chi connectivity index (χ0v) is 18.6. The van der Waals surface area contributed by atoms with E-state index in [0.717, 1.165) is 22.6 Å². The van der Waals surface area contributed by atoms with Crippen molar-refractivity contribution in [2.24, 2.45) is 0 Å². The third-order valence-corrected chi connectivity index (χ3v) is 4.79. The topological polar surface area (TPSA) is 102 Å². The fourth-order valence-electron chi connectivity index (χ4n) is 2.91. The number of esters is 1. The Balaban J connectivity index is 1.40. The molecular weight excluding hydrogens is 448 g/mol. The van der Waals surface area contributed by atoms with E-state index in [9.17, 15) is 23.2 Å². The summed E-state index contributed by atoms with van der Waals surface area (Å²) in [6.07, 6.45) is 1.21. The highest BCUT2D eigenvalue weighted by molar-refractivity contribution is 5.94. The van der Waals surface area contributed by atoms with Crippen molar-refractivity contribution in [1.82, 2.24) is 9.88 Å². The van der Waals surface area contributed by atoms with E-state index in [0.29, 0.717) is 5.69 Å². The monoisotopic (exact) mass is 471 g/mol. The van der Waals surface area contributed by atoms with Gasteiger partial charge in [0.2, 0.25) is 5.91 Å². The summed E-state index contributed by atoms with van der Waals surface area (Å²) in [5, 5.41) is 2.68. The number of carbonyl (C=O) groups excluding carboxylic acids is 3. The number of likely N-dealkylation sites (N-methyl/N-ethyl adjacent to an activating group) is 1. The number of ether oxygens (including phenoxy) is 1. The Morgan fingerprint density at radius 2 is 1.85 bits per heavy atom. The smallest absolute Gasteiger partial charge is 0.306 e. The zero-order chi connectivity index (χ0) is 24.7. The number of nitrogens with zero attached hydrogens (tertiary/aromatic N) is 2. The zero-order valence-electron chi connectivity index (χ0n) is 18.6. The summed E-state index contributed by atoms with van der Waals surface area (Å²) in [6.45, 7) is 1.20. The first-order chi connectivity index (χ1) is 16.2. The number of rotatable bonds is 9. The second-order valence-corrected chi connectivity index (χ2v) is 7.57. The third-order valence-electron chi connectivity index (χ3n) is 4.79. The Morgan fingerprint density at radius 1 is 1.12 bits per heavy atom. The van der Waals surface area contributed by atoms with Crippen LogP contribution in [0.2, 0.25) is 0 Å². The molecule has 3 rings (SSSR count). The van der Waals surface area contributed by atoms with Gasteiger partial charge >= 0.3 is 5.97 Å². The van der Waals surface area contributed by atoms with E-state index >= 15 is 0 Å². The largest absolute Gasteiger partial charge is 0.456 e. The summed E-state index contributed by atoms with van der Waals surface area (Å²) in [5.41, 5.74) is 1.71. The van der Waals surface area contributed by atoms with E-state index in [4.69, 9.17) is 9.15 Å². The minimum Gasteiger partial charge on any atom is -0.456 e. The number of hydrogen-bond acceptors (Lipinski definition) is 6. The molecule has 0 aliphatic rings. The van der Waals surface area contributed by atoms with Gasteiger partial charge in [-0.05, 0) is 31.2 Å². The van der Waals surface area contributed by atoms with Gasteiger partial charge in [-0.3, -0.25) is 14.4 Å². The molecule has 0 spiro atoms. The van der Waals surface area contributed by atoms with Crippen LogP contribution < -0.4 is 5.32 Å². The fourth-order valence-corrected chi connectivity index (χ4v) is 2.91. The predicted molar refractivity (Wildman–Crippen MR) is 119 cm³/mol. The molecule has 178 valence electrons. The Bertz CT molecular complexity index is 1180. The maximum Gasteiger partial charge on any atom is 0.306 e. The van der Waals surface area contributed by atoms with Crippen molar-refractivity contribution in [2.45, 2.75) is 19.8 Å². The molecule has 0 radical (unpaired) electrons. The van der Waals surface area contributed by atoms with E-state index in [-0.39, 0.29) is 42.5 Å². The van der Waals surface area contributed by atoms with Crippen LogP contribution in [0.15, 0.2) is 53.1 Å². The first kappa shape index (κ1) is 24.6. The molecule has 2 aromatic carbocycles. The van der Waals surface area contributed by atoms with Crippen LogP contribution in [0.3, 0.4) is 0 Å². The number of anilines is 1. The van der Waals surface area contributed by atoms with Crippen molar-refractivity contribution in [2.75, 3.05) is 25.5 Å². The minimum absolute atomic E-state index is 0.0442. The molecule has 1 aromatic heterocycles. The number of carbonyl (C=O) groups is 3. The number of aryl methyl sites for hydroxylation is 2. The lowest BCUT2D eigenvalue weighted by atomic mass is 10.2. The first-order valence-corrected chi connectivity index (χ1v) is 10.4. The Labute approximate surface area is 194 Å². The molecule has 34 heavy (non-hydrogen) atoms. The van der Waals surface area contributed by atoms with Crippen LogP contribution >= 0.6 is 0 Å². The highest BCUT2D eigenvalue weighted by atomic mass is 19.1. The Hall–Kier alpha value is -4.08. The number of oxazole rings is 1. The molecule has 0 bridgehead atoms. The number of nitrogens with one attached hydrogen (secondary N) is 1. The molecule has 3 aromatic rings. The highest BCUT2D eigenvalue weighted by Gasteiger charge is 2.17. The lowest BCUT2D eigenvalue weighted by Crippen LogP contribution is -2.37. The van der Waals surface area contributed by atoms with E-state index in [2.05, 4.69) is 10.3 Å². The quantitative estimate of drug-likeness (QED) is 0.480. The van der Waals surface area contributed by atoms with Crippen LogP contribution in [-0.4, -0.2) is 47.9 Å². The lowest BCUT2D eigenvalue weighted by Gasteiger charge is -2.16. The number of halogens is 2. The number of amides is 2. The average molecular weight is 471 g/mol. The summed E-state index contributed by atoms with van der Waals surface area (Å²) in [7, 11) is 1.42. The van der Waals surface area contributed by atoms with Crippen molar-refractivity contribution >= 4 is 23.5 Å². The normalized spacial score (nSPS) is 10.6. The Kier molecular flexibility index (Phi) is 8.07. The maximum absolute atomic E-state index is 13.8. The van der Waals surface area contributed by atoms with Crippen LogP contribution in [0.1, 0.15) is 17.9 Å². The molecule has 0 fully saturated rings. The van der Waals surface area contributed by atoms with Crippen LogP contribution in [0.4, 0.5) is 14.5 Å². The summed E-state index contributed by atoms with van der Waals surface area (Å²) >= 11 is 0. The van der Waals surface area contributed by atoms with Crippen LogP contribution in [-0.2, 0) is 25.5 Å². The third kappa shape index (κ3) is 6.96. The van der Waals surface area contributed by atoms with Crippen molar-refractivity contribution in [3.05, 3.63) is 71.8 Å². The summed E-state index contributed by atoms with van der Waals surface area (Å²) in [6, 6.07) is 10.3. The molecule has 1 heterocycles. The lowest BCUT2D eigenvalue weighted by molar-refractivity contribution is -0.151. The standard InChI is InChI=1S/C24H23F2N3O5/c1-15-3-6-17(7-4-15)28-21(30)13-29(2)23(31)14-33-24(32)10-9-22-27-12-20(34-22)18-8-5-16(25)11-19(18)26/h3-8,11-12H,9-10,13-14H2,1-2H3,(H,28,30). The first-order valence-electron chi connectivity index (χ1n) is 10.4. The van der Waals surface area contributed by atoms with E-state index in [1.807, 2.05) is 19.1 Å². The highest BCUT2D eigenvalue weighted by Crippen LogP contribution is 2.24. The summed E-state index contributed by atoms with van der Waals surface area (Å²) in [5.74, 6) is -2.85.